The smallest absolute Gasteiger partial charge is 0.338 e. The number of amides is 1. The minimum atomic E-state index is -4.27. The van der Waals surface area contributed by atoms with Crippen molar-refractivity contribution < 1.29 is 22.5 Å². The molecule has 1 aliphatic heterocycles. The van der Waals surface area contributed by atoms with Crippen LogP contribution in [0, 0.1) is 12.8 Å². The first-order valence-corrected chi connectivity index (χ1v) is 7.61. The van der Waals surface area contributed by atoms with Crippen LogP contribution in [-0.2, 0) is 0 Å². The maximum absolute atomic E-state index is 12.9. The molecule has 1 aromatic carbocycles. The molecule has 1 unspecified atom stereocenters. The van der Waals surface area contributed by atoms with E-state index in [1.165, 1.54) is 4.90 Å². The van der Waals surface area contributed by atoms with E-state index >= 15 is 0 Å². The number of nitrogens with zero attached hydrogens (tertiary/aromatic N) is 3. The maximum atomic E-state index is 12.9. The number of aromatic nitrogens is 2. The first-order valence-electron chi connectivity index (χ1n) is 7.61. The van der Waals surface area contributed by atoms with Crippen LogP contribution in [0.15, 0.2) is 28.8 Å². The Kier molecular flexibility index (Phi) is 4.29. The van der Waals surface area contributed by atoms with Gasteiger partial charge in [0.15, 0.2) is 5.82 Å². The number of carbonyl (C=O) groups excluding carboxylic acids is 1. The summed E-state index contributed by atoms with van der Waals surface area (Å²) in [6.45, 7) is 1.75. The Balaban J connectivity index is 1.73. The predicted molar refractivity (Wildman–Crippen MR) is 79.2 cm³/mol. The minimum absolute atomic E-state index is 0.0722. The zero-order valence-electron chi connectivity index (χ0n) is 13.0. The monoisotopic (exact) mass is 339 g/mol. The Morgan fingerprint density at radius 3 is 2.58 bits per heavy atom. The van der Waals surface area contributed by atoms with Crippen molar-refractivity contribution in [1.29, 1.82) is 0 Å². The summed E-state index contributed by atoms with van der Waals surface area (Å²) >= 11 is 0. The number of piperidine rings is 1. The zero-order chi connectivity index (χ0) is 17.3. The molecule has 1 saturated heterocycles. The van der Waals surface area contributed by atoms with Crippen molar-refractivity contribution in [2.24, 2.45) is 5.92 Å². The molecule has 24 heavy (non-hydrogen) atoms. The fraction of sp³-hybridized carbons (Fsp3) is 0.438. The number of aryl methyl sites for hydroxylation is 1. The molecule has 8 heteroatoms. The second-order valence-electron chi connectivity index (χ2n) is 5.86. The molecule has 2 aromatic rings. The van der Waals surface area contributed by atoms with Crippen molar-refractivity contribution in [3.05, 3.63) is 35.7 Å². The van der Waals surface area contributed by atoms with Crippen molar-refractivity contribution in [2.75, 3.05) is 13.1 Å². The number of halogens is 3. The highest BCUT2D eigenvalue weighted by atomic mass is 19.4. The van der Waals surface area contributed by atoms with Crippen LogP contribution in [0.1, 0.15) is 29.0 Å². The van der Waals surface area contributed by atoms with E-state index in [1.54, 1.807) is 31.2 Å². The summed E-state index contributed by atoms with van der Waals surface area (Å²) in [5, 5.41) is 3.69. The van der Waals surface area contributed by atoms with Gasteiger partial charge in [-0.1, -0.05) is 5.16 Å². The summed E-state index contributed by atoms with van der Waals surface area (Å²) in [4.78, 5) is 17.8. The Morgan fingerprint density at radius 2 is 2.00 bits per heavy atom. The van der Waals surface area contributed by atoms with Gasteiger partial charge < -0.3 is 9.42 Å². The van der Waals surface area contributed by atoms with Crippen LogP contribution in [0.3, 0.4) is 0 Å². The van der Waals surface area contributed by atoms with Gasteiger partial charge in [-0.25, -0.2) is 0 Å². The van der Waals surface area contributed by atoms with Crippen LogP contribution in [-0.4, -0.2) is 40.2 Å². The third-order valence-electron chi connectivity index (χ3n) is 4.08. The summed E-state index contributed by atoms with van der Waals surface area (Å²) < 4.78 is 43.6. The Labute approximate surface area is 136 Å². The van der Waals surface area contributed by atoms with Gasteiger partial charge in [0.1, 0.15) is 0 Å². The molecule has 0 radical (unpaired) electrons. The van der Waals surface area contributed by atoms with Gasteiger partial charge in [0.05, 0.1) is 5.92 Å². The molecular formula is C16H16F3N3O2. The molecular weight excluding hydrogens is 323 g/mol. The minimum Gasteiger partial charge on any atom is -0.338 e. The van der Waals surface area contributed by atoms with Crippen molar-refractivity contribution in [3.63, 3.8) is 0 Å². The third-order valence-corrected chi connectivity index (χ3v) is 4.08. The van der Waals surface area contributed by atoms with E-state index < -0.39 is 18.0 Å². The Hall–Kier alpha value is -2.38. The van der Waals surface area contributed by atoms with Gasteiger partial charge in [-0.15, -0.1) is 0 Å². The summed E-state index contributed by atoms with van der Waals surface area (Å²) in [5.74, 6) is -1.01. The van der Waals surface area contributed by atoms with E-state index in [9.17, 15) is 18.0 Å². The molecule has 2 heterocycles. The van der Waals surface area contributed by atoms with E-state index in [0.29, 0.717) is 35.8 Å². The van der Waals surface area contributed by atoms with Crippen molar-refractivity contribution >= 4 is 5.91 Å². The Bertz CT molecular complexity index is 725. The van der Waals surface area contributed by atoms with Crippen LogP contribution in [0.4, 0.5) is 13.2 Å². The van der Waals surface area contributed by atoms with Crippen LogP contribution in [0.2, 0.25) is 0 Å². The average Bonchev–Trinajstić information content (AvgIpc) is 3.00. The summed E-state index contributed by atoms with van der Waals surface area (Å²) in [5.41, 5.74) is 0.997. The van der Waals surface area contributed by atoms with E-state index in [-0.39, 0.29) is 13.0 Å². The molecule has 1 fully saturated rings. The van der Waals surface area contributed by atoms with Gasteiger partial charge >= 0.3 is 6.18 Å². The van der Waals surface area contributed by atoms with Gasteiger partial charge in [0.2, 0.25) is 0 Å². The largest absolute Gasteiger partial charge is 0.393 e. The maximum Gasteiger partial charge on any atom is 0.393 e. The second kappa shape index (κ2) is 6.26. The van der Waals surface area contributed by atoms with Gasteiger partial charge in [-0.05, 0) is 44.0 Å². The number of likely N-dealkylation sites (tertiary alicyclic amines) is 1. The van der Waals surface area contributed by atoms with Crippen LogP contribution < -0.4 is 0 Å². The SMILES string of the molecule is Cc1noc(-c2ccc(C(=O)N3CCCC(C(F)(F)F)C3)cc2)n1. The molecule has 5 nitrogen and oxygen atoms in total. The standard InChI is InChI=1S/C16H16F3N3O2/c1-10-20-14(24-21-10)11-4-6-12(7-5-11)15(23)22-8-2-3-13(9-22)16(17,18)19/h4-7,13H,2-3,8-9H2,1H3. The van der Waals surface area contributed by atoms with Crippen molar-refractivity contribution in [2.45, 2.75) is 25.9 Å². The first kappa shape index (κ1) is 16.5. The topological polar surface area (TPSA) is 59.2 Å². The zero-order valence-corrected chi connectivity index (χ0v) is 13.0. The summed E-state index contributed by atoms with van der Waals surface area (Å²) in [6, 6.07) is 6.42. The van der Waals surface area contributed by atoms with Gasteiger partial charge in [-0.3, -0.25) is 4.79 Å². The highest BCUT2D eigenvalue weighted by Crippen LogP contribution is 2.33. The first-order chi connectivity index (χ1) is 11.3. The number of benzene rings is 1. The van der Waals surface area contributed by atoms with Crippen molar-refractivity contribution in [3.8, 4) is 11.5 Å². The van der Waals surface area contributed by atoms with Gasteiger partial charge in [0, 0.05) is 24.2 Å². The van der Waals surface area contributed by atoms with E-state index in [4.69, 9.17) is 4.52 Å². The lowest BCUT2D eigenvalue weighted by Crippen LogP contribution is -2.44. The molecule has 0 aliphatic carbocycles. The molecule has 0 spiro atoms. The molecule has 1 amide bonds. The summed E-state index contributed by atoms with van der Waals surface area (Å²) in [6.07, 6.45) is -3.84. The second-order valence-corrected chi connectivity index (χ2v) is 5.86. The molecule has 1 aliphatic rings. The highest BCUT2D eigenvalue weighted by Gasteiger charge is 2.42. The third kappa shape index (κ3) is 3.42. The van der Waals surface area contributed by atoms with Crippen LogP contribution >= 0.6 is 0 Å². The van der Waals surface area contributed by atoms with Crippen LogP contribution in [0.25, 0.3) is 11.5 Å². The lowest BCUT2D eigenvalue weighted by molar-refractivity contribution is -0.184. The predicted octanol–water partition coefficient (Wildman–Crippen LogP) is 3.46. The lowest BCUT2D eigenvalue weighted by atomic mass is 9.97. The average molecular weight is 339 g/mol. The fourth-order valence-corrected chi connectivity index (χ4v) is 2.78. The molecule has 1 atom stereocenters. The molecule has 3 rings (SSSR count). The number of rotatable bonds is 2. The number of carbonyl (C=O) groups is 1. The van der Waals surface area contributed by atoms with Gasteiger partial charge in [-0.2, -0.15) is 18.2 Å². The fourth-order valence-electron chi connectivity index (χ4n) is 2.78. The van der Waals surface area contributed by atoms with Crippen molar-refractivity contribution in [1.82, 2.24) is 15.0 Å². The quantitative estimate of drug-likeness (QED) is 0.841. The number of alkyl halides is 3. The molecule has 0 saturated carbocycles. The van der Waals surface area contributed by atoms with Crippen LogP contribution in [0.5, 0.6) is 0 Å². The highest BCUT2D eigenvalue weighted by molar-refractivity contribution is 5.94. The number of hydrogen-bond donors (Lipinski definition) is 0. The summed E-state index contributed by atoms with van der Waals surface area (Å²) in [7, 11) is 0. The van der Waals surface area contributed by atoms with E-state index in [0.717, 1.165) is 0 Å². The molecule has 1 aromatic heterocycles. The normalized spacial score (nSPS) is 18.7. The van der Waals surface area contributed by atoms with E-state index in [2.05, 4.69) is 10.1 Å². The molecule has 128 valence electrons. The lowest BCUT2D eigenvalue weighted by Gasteiger charge is -2.33. The molecule has 0 bridgehead atoms. The van der Waals surface area contributed by atoms with E-state index in [1.807, 2.05) is 0 Å². The Morgan fingerprint density at radius 1 is 1.29 bits per heavy atom. The number of hydrogen-bond acceptors (Lipinski definition) is 4. The van der Waals surface area contributed by atoms with Gasteiger partial charge in [0.25, 0.3) is 11.8 Å². The molecule has 0 N–H and O–H groups in total.